The van der Waals surface area contributed by atoms with E-state index in [0.29, 0.717) is 6.04 Å². The zero-order valence-electron chi connectivity index (χ0n) is 12.0. The van der Waals surface area contributed by atoms with Crippen molar-refractivity contribution < 1.29 is 4.39 Å². The second-order valence-electron chi connectivity index (χ2n) is 5.76. The lowest BCUT2D eigenvalue weighted by Crippen LogP contribution is -2.44. The maximum atomic E-state index is 14.1. The van der Waals surface area contributed by atoms with E-state index in [0.717, 1.165) is 12.1 Å². The zero-order chi connectivity index (χ0) is 13.8. The number of benzene rings is 1. The lowest BCUT2D eigenvalue weighted by atomic mass is 9.96. The van der Waals surface area contributed by atoms with Crippen LogP contribution >= 0.6 is 0 Å². The van der Waals surface area contributed by atoms with Gasteiger partial charge in [0.15, 0.2) is 0 Å². The molecular formula is C16H25FN2. The summed E-state index contributed by atoms with van der Waals surface area (Å²) in [6.45, 7) is 5.23. The Balaban J connectivity index is 2.31. The van der Waals surface area contributed by atoms with Crippen LogP contribution in [0.5, 0.6) is 0 Å². The van der Waals surface area contributed by atoms with Crippen molar-refractivity contribution in [1.82, 2.24) is 4.90 Å². The van der Waals surface area contributed by atoms with Gasteiger partial charge in [-0.15, -0.1) is 0 Å². The maximum Gasteiger partial charge on any atom is 0.128 e. The van der Waals surface area contributed by atoms with Gasteiger partial charge in [-0.3, -0.25) is 4.90 Å². The molecule has 1 heterocycles. The average Bonchev–Trinajstić information content (AvgIpc) is 2.57. The Bertz CT molecular complexity index is 405. The van der Waals surface area contributed by atoms with Crippen LogP contribution in [0.15, 0.2) is 24.3 Å². The van der Waals surface area contributed by atoms with Gasteiger partial charge in [-0.2, -0.15) is 0 Å². The molecular weight excluding hydrogens is 239 g/mol. The largest absolute Gasteiger partial charge is 0.326 e. The lowest BCUT2D eigenvalue weighted by molar-refractivity contribution is 0.127. The van der Waals surface area contributed by atoms with Crippen molar-refractivity contribution in [3.63, 3.8) is 0 Å². The Kier molecular flexibility index (Phi) is 4.94. The molecule has 1 aliphatic rings. The Labute approximate surface area is 115 Å². The van der Waals surface area contributed by atoms with Gasteiger partial charge in [0, 0.05) is 17.6 Å². The van der Waals surface area contributed by atoms with Gasteiger partial charge < -0.3 is 5.73 Å². The van der Waals surface area contributed by atoms with Crippen LogP contribution in [0, 0.1) is 5.82 Å². The molecule has 1 aromatic rings. The van der Waals surface area contributed by atoms with Gasteiger partial charge in [0.05, 0.1) is 6.04 Å². The number of hydrogen-bond donors (Lipinski definition) is 1. The second kappa shape index (κ2) is 6.49. The summed E-state index contributed by atoms with van der Waals surface area (Å²) in [7, 11) is 0. The predicted octanol–water partition coefficient (Wildman–Crippen LogP) is 3.48. The van der Waals surface area contributed by atoms with Gasteiger partial charge in [0.25, 0.3) is 0 Å². The van der Waals surface area contributed by atoms with E-state index < -0.39 is 0 Å². The summed E-state index contributed by atoms with van der Waals surface area (Å²) in [5.74, 6) is -0.138. The molecule has 3 heteroatoms. The van der Waals surface area contributed by atoms with Crippen LogP contribution in [0.1, 0.15) is 51.1 Å². The summed E-state index contributed by atoms with van der Waals surface area (Å²) in [5.41, 5.74) is 6.92. The van der Waals surface area contributed by atoms with E-state index in [1.807, 2.05) is 19.1 Å². The molecule has 1 aliphatic heterocycles. The van der Waals surface area contributed by atoms with Crippen LogP contribution in [0.25, 0.3) is 0 Å². The molecule has 2 N–H and O–H groups in total. The molecule has 2 nitrogen and oxygen atoms in total. The highest BCUT2D eigenvalue weighted by atomic mass is 19.1. The fourth-order valence-electron chi connectivity index (χ4n) is 3.19. The van der Waals surface area contributed by atoms with Crippen molar-refractivity contribution in [3.05, 3.63) is 35.6 Å². The summed E-state index contributed by atoms with van der Waals surface area (Å²) >= 11 is 0. The minimum Gasteiger partial charge on any atom is -0.326 e. The normalized spacial score (nSPS) is 24.7. The minimum absolute atomic E-state index is 0.0192. The molecule has 0 radical (unpaired) electrons. The smallest absolute Gasteiger partial charge is 0.128 e. The quantitative estimate of drug-likeness (QED) is 0.905. The Morgan fingerprint density at radius 1 is 1.26 bits per heavy atom. The Morgan fingerprint density at radius 2 is 2.00 bits per heavy atom. The first-order valence-electron chi connectivity index (χ1n) is 7.37. The second-order valence-corrected chi connectivity index (χ2v) is 5.76. The first-order valence-corrected chi connectivity index (χ1v) is 7.37. The predicted molar refractivity (Wildman–Crippen MR) is 77.4 cm³/mol. The SMILES string of the molecule is CC(N)C(c1ccccc1F)N1CCCCCC1C. The topological polar surface area (TPSA) is 29.3 Å². The monoisotopic (exact) mass is 264 g/mol. The van der Waals surface area contributed by atoms with Crippen molar-refractivity contribution in [1.29, 1.82) is 0 Å². The highest BCUT2D eigenvalue weighted by Gasteiger charge is 2.30. The third-order valence-electron chi connectivity index (χ3n) is 4.18. The number of hydrogen-bond acceptors (Lipinski definition) is 2. The molecule has 0 spiro atoms. The molecule has 0 bridgehead atoms. The van der Waals surface area contributed by atoms with E-state index >= 15 is 0 Å². The van der Waals surface area contributed by atoms with E-state index in [-0.39, 0.29) is 17.9 Å². The van der Waals surface area contributed by atoms with Crippen LogP contribution in [0.2, 0.25) is 0 Å². The third-order valence-corrected chi connectivity index (χ3v) is 4.18. The number of rotatable bonds is 3. The molecule has 0 aromatic heterocycles. The molecule has 3 atom stereocenters. The Hall–Kier alpha value is -0.930. The number of nitrogens with zero attached hydrogens (tertiary/aromatic N) is 1. The molecule has 19 heavy (non-hydrogen) atoms. The van der Waals surface area contributed by atoms with Crippen molar-refractivity contribution in [2.75, 3.05) is 6.54 Å². The first kappa shape index (κ1) is 14.5. The summed E-state index contributed by atoms with van der Waals surface area (Å²) in [5, 5.41) is 0. The van der Waals surface area contributed by atoms with E-state index in [2.05, 4.69) is 11.8 Å². The zero-order valence-corrected chi connectivity index (χ0v) is 12.0. The van der Waals surface area contributed by atoms with Gasteiger partial charge in [-0.25, -0.2) is 4.39 Å². The van der Waals surface area contributed by atoms with E-state index in [1.54, 1.807) is 6.07 Å². The fraction of sp³-hybridized carbons (Fsp3) is 0.625. The molecule has 1 aromatic carbocycles. The van der Waals surface area contributed by atoms with Crippen LogP contribution in [0.4, 0.5) is 4.39 Å². The van der Waals surface area contributed by atoms with Gasteiger partial charge >= 0.3 is 0 Å². The average molecular weight is 264 g/mol. The summed E-state index contributed by atoms with van der Waals surface area (Å²) in [6, 6.07) is 7.43. The van der Waals surface area contributed by atoms with Crippen molar-refractivity contribution in [2.24, 2.45) is 5.73 Å². The van der Waals surface area contributed by atoms with E-state index in [9.17, 15) is 4.39 Å². The van der Waals surface area contributed by atoms with Crippen molar-refractivity contribution in [3.8, 4) is 0 Å². The number of nitrogens with two attached hydrogens (primary N) is 1. The highest BCUT2D eigenvalue weighted by molar-refractivity contribution is 5.23. The molecule has 2 rings (SSSR count). The molecule has 0 amide bonds. The van der Waals surface area contributed by atoms with Crippen molar-refractivity contribution in [2.45, 2.75) is 57.7 Å². The van der Waals surface area contributed by atoms with E-state index in [4.69, 9.17) is 5.73 Å². The number of halogens is 1. The Morgan fingerprint density at radius 3 is 2.68 bits per heavy atom. The summed E-state index contributed by atoms with van der Waals surface area (Å²) < 4.78 is 14.1. The highest BCUT2D eigenvalue weighted by Crippen LogP contribution is 2.31. The van der Waals surface area contributed by atoms with Crippen LogP contribution in [-0.4, -0.2) is 23.5 Å². The number of likely N-dealkylation sites (tertiary alicyclic amines) is 1. The molecule has 3 unspecified atom stereocenters. The third kappa shape index (κ3) is 3.34. The first-order chi connectivity index (χ1) is 9.11. The van der Waals surface area contributed by atoms with Crippen molar-refractivity contribution >= 4 is 0 Å². The van der Waals surface area contributed by atoms with Crippen LogP contribution in [0.3, 0.4) is 0 Å². The lowest BCUT2D eigenvalue weighted by Gasteiger charge is -2.38. The molecule has 1 fully saturated rings. The van der Waals surface area contributed by atoms with Gasteiger partial charge in [-0.05, 0) is 39.3 Å². The summed E-state index contributed by atoms with van der Waals surface area (Å²) in [4.78, 5) is 2.40. The molecule has 1 saturated heterocycles. The van der Waals surface area contributed by atoms with Crippen LogP contribution < -0.4 is 5.73 Å². The van der Waals surface area contributed by atoms with E-state index in [1.165, 1.54) is 31.7 Å². The summed E-state index contributed by atoms with van der Waals surface area (Å²) in [6.07, 6.45) is 4.89. The minimum atomic E-state index is -0.138. The molecule has 0 saturated carbocycles. The molecule has 106 valence electrons. The van der Waals surface area contributed by atoms with Gasteiger partial charge in [-0.1, -0.05) is 31.0 Å². The fourth-order valence-corrected chi connectivity index (χ4v) is 3.19. The van der Waals surface area contributed by atoms with Crippen LogP contribution in [-0.2, 0) is 0 Å². The van der Waals surface area contributed by atoms with Gasteiger partial charge in [0.2, 0.25) is 0 Å². The molecule has 0 aliphatic carbocycles. The standard InChI is InChI=1S/C16H25FN2/c1-12-8-4-3-7-11-19(12)16(13(2)18)14-9-5-6-10-15(14)17/h5-6,9-10,12-13,16H,3-4,7-8,11,18H2,1-2H3. The maximum absolute atomic E-state index is 14.1. The van der Waals surface area contributed by atoms with Gasteiger partial charge in [0.1, 0.15) is 5.82 Å².